The van der Waals surface area contributed by atoms with Crippen LogP contribution in [0.3, 0.4) is 0 Å². The molecule has 94 valence electrons. The SMILES string of the molecule is O=S(=O)(NCCc1ccc(F)cc1F)N1CC1. The first-order valence-electron chi connectivity index (χ1n) is 5.18. The third-order valence-electron chi connectivity index (χ3n) is 2.44. The fourth-order valence-electron chi connectivity index (χ4n) is 1.41. The zero-order chi connectivity index (χ0) is 12.5. The van der Waals surface area contributed by atoms with Crippen LogP contribution in [0.5, 0.6) is 0 Å². The Hall–Kier alpha value is -1.05. The van der Waals surface area contributed by atoms with Crippen molar-refractivity contribution in [3.05, 3.63) is 35.4 Å². The average Bonchev–Trinajstić information content (AvgIpc) is 3.04. The molecule has 0 amide bonds. The molecule has 0 atom stereocenters. The summed E-state index contributed by atoms with van der Waals surface area (Å²) in [7, 11) is -3.39. The molecule has 1 N–H and O–H groups in total. The van der Waals surface area contributed by atoms with Gasteiger partial charge in [-0.1, -0.05) is 6.07 Å². The molecule has 0 spiro atoms. The molecule has 0 unspecified atom stereocenters. The van der Waals surface area contributed by atoms with Crippen LogP contribution in [0.4, 0.5) is 8.78 Å². The number of nitrogens with one attached hydrogen (secondary N) is 1. The third kappa shape index (κ3) is 3.21. The zero-order valence-electron chi connectivity index (χ0n) is 8.99. The van der Waals surface area contributed by atoms with Gasteiger partial charge >= 0.3 is 0 Å². The summed E-state index contributed by atoms with van der Waals surface area (Å²) in [5.41, 5.74) is 0.292. The second-order valence-corrected chi connectivity index (χ2v) is 5.54. The number of hydrogen-bond donors (Lipinski definition) is 1. The van der Waals surface area contributed by atoms with Gasteiger partial charge in [0.15, 0.2) is 0 Å². The van der Waals surface area contributed by atoms with Gasteiger partial charge in [-0.05, 0) is 18.1 Å². The van der Waals surface area contributed by atoms with Crippen LogP contribution >= 0.6 is 0 Å². The number of nitrogens with zero attached hydrogens (tertiary/aromatic N) is 1. The van der Waals surface area contributed by atoms with Gasteiger partial charge in [-0.3, -0.25) is 0 Å². The Morgan fingerprint density at radius 2 is 2.00 bits per heavy atom. The number of benzene rings is 1. The summed E-state index contributed by atoms with van der Waals surface area (Å²) >= 11 is 0. The Kier molecular flexibility index (Phi) is 3.41. The summed E-state index contributed by atoms with van der Waals surface area (Å²) in [6.45, 7) is 1.15. The summed E-state index contributed by atoms with van der Waals surface area (Å²) in [4.78, 5) is 0. The minimum absolute atomic E-state index is 0.0986. The van der Waals surface area contributed by atoms with Gasteiger partial charge in [0.05, 0.1) is 0 Å². The molecule has 1 aromatic carbocycles. The summed E-state index contributed by atoms with van der Waals surface area (Å²) < 4.78 is 52.2. The van der Waals surface area contributed by atoms with Crippen molar-refractivity contribution in [2.45, 2.75) is 6.42 Å². The van der Waals surface area contributed by atoms with E-state index in [4.69, 9.17) is 0 Å². The summed E-state index contributed by atoms with van der Waals surface area (Å²) in [6.07, 6.45) is 0.194. The van der Waals surface area contributed by atoms with E-state index >= 15 is 0 Å². The molecule has 0 radical (unpaired) electrons. The maximum absolute atomic E-state index is 13.2. The van der Waals surface area contributed by atoms with Gasteiger partial charge in [0.1, 0.15) is 11.6 Å². The van der Waals surface area contributed by atoms with Crippen LogP contribution in [-0.2, 0) is 16.6 Å². The molecule has 17 heavy (non-hydrogen) atoms. The van der Waals surface area contributed by atoms with Crippen LogP contribution in [0, 0.1) is 11.6 Å². The highest BCUT2D eigenvalue weighted by atomic mass is 32.2. The molecule has 1 aliphatic heterocycles. The fourth-order valence-corrected chi connectivity index (χ4v) is 2.52. The molecular formula is C10H12F2N2O2S. The predicted octanol–water partition coefficient (Wildman–Crippen LogP) is 0.657. The van der Waals surface area contributed by atoms with E-state index in [1.165, 1.54) is 10.4 Å². The van der Waals surface area contributed by atoms with E-state index in [1.807, 2.05) is 0 Å². The van der Waals surface area contributed by atoms with E-state index in [0.717, 1.165) is 12.1 Å². The molecule has 0 aliphatic carbocycles. The molecule has 0 aromatic heterocycles. The monoisotopic (exact) mass is 262 g/mol. The molecule has 2 rings (SSSR count). The van der Waals surface area contributed by atoms with Crippen molar-refractivity contribution in [2.75, 3.05) is 19.6 Å². The highest BCUT2D eigenvalue weighted by Crippen LogP contribution is 2.11. The van der Waals surface area contributed by atoms with Crippen LogP contribution in [0.15, 0.2) is 18.2 Å². The second kappa shape index (κ2) is 4.67. The Bertz CT molecular complexity index is 515. The van der Waals surface area contributed by atoms with Crippen LogP contribution < -0.4 is 4.72 Å². The Labute approximate surface area is 98.4 Å². The van der Waals surface area contributed by atoms with Gasteiger partial charge in [-0.2, -0.15) is 12.7 Å². The Morgan fingerprint density at radius 3 is 2.59 bits per heavy atom. The molecule has 1 aromatic rings. The quantitative estimate of drug-likeness (QED) is 0.792. The number of halogens is 2. The van der Waals surface area contributed by atoms with Gasteiger partial charge in [0, 0.05) is 25.7 Å². The minimum Gasteiger partial charge on any atom is -0.207 e. The first kappa shape index (κ1) is 12.4. The van der Waals surface area contributed by atoms with E-state index in [9.17, 15) is 17.2 Å². The van der Waals surface area contributed by atoms with Crippen molar-refractivity contribution in [1.29, 1.82) is 0 Å². The van der Waals surface area contributed by atoms with Crippen molar-refractivity contribution in [3.8, 4) is 0 Å². The molecule has 0 saturated carbocycles. The average molecular weight is 262 g/mol. The largest absolute Gasteiger partial charge is 0.279 e. The van der Waals surface area contributed by atoms with Crippen LogP contribution in [0.25, 0.3) is 0 Å². The van der Waals surface area contributed by atoms with Gasteiger partial charge in [-0.25, -0.2) is 13.5 Å². The first-order chi connectivity index (χ1) is 7.99. The van der Waals surface area contributed by atoms with E-state index < -0.39 is 21.8 Å². The van der Waals surface area contributed by atoms with E-state index in [-0.39, 0.29) is 13.0 Å². The highest BCUT2D eigenvalue weighted by Gasteiger charge is 2.30. The normalized spacial score (nSPS) is 16.1. The molecule has 1 saturated heterocycles. The second-order valence-electron chi connectivity index (χ2n) is 3.78. The van der Waals surface area contributed by atoms with E-state index in [2.05, 4.69) is 4.72 Å². The van der Waals surface area contributed by atoms with Crippen LogP contribution in [0.2, 0.25) is 0 Å². The predicted molar refractivity (Wildman–Crippen MR) is 58.6 cm³/mol. The Morgan fingerprint density at radius 1 is 1.29 bits per heavy atom. The molecule has 1 heterocycles. The fraction of sp³-hybridized carbons (Fsp3) is 0.400. The zero-order valence-corrected chi connectivity index (χ0v) is 9.80. The number of hydrogen-bond acceptors (Lipinski definition) is 2. The first-order valence-corrected chi connectivity index (χ1v) is 6.62. The lowest BCUT2D eigenvalue weighted by molar-refractivity contribution is 0.543. The highest BCUT2D eigenvalue weighted by molar-refractivity contribution is 7.87. The van der Waals surface area contributed by atoms with Gasteiger partial charge in [-0.15, -0.1) is 0 Å². The molecule has 1 fully saturated rings. The minimum atomic E-state index is -3.39. The van der Waals surface area contributed by atoms with Gasteiger partial charge in [0.2, 0.25) is 0 Å². The lowest BCUT2D eigenvalue weighted by atomic mass is 10.1. The van der Waals surface area contributed by atoms with Crippen molar-refractivity contribution >= 4 is 10.2 Å². The molecular weight excluding hydrogens is 250 g/mol. The molecule has 0 bridgehead atoms. The Balaban J connectivity index is 1.90. The molecule has 4 nitrogen and oxygen atoms in total. The van der Waals surface area contributed by atoms with Gasteiger partial charge in [0.25, 0.3) is 10.2 Å². The van der Waals surface area contributed by atoms with Crippen molar-refractivity contribution in [1.82, 2.24) is 9.03 Å². The van der Waals surface area contributed by atoms with Crippen LogP contribution in [0.1, 0.15) is 5.56 Å². The standard InChI is InChI=1S/C10H12F2N2O2S/c11-9-2-1-8(10(12)7-9)3-4-13-17(15,16)14-5-6-14/h1-2,7,13H,3-6H2. The topological polar surface area (TPSA) is 49.2 Å². The number of rotatable bonds is 5. The van der Waals surface area contributed by atoms with Crippen molar-refractivity contribution in [3.63, 3.8) is 0 Å². The van der Waals surface area contributed by atoms with E-state index in [1.54, 1.807) is 0 Å². The lowest BCUT2D eigenvalue weighted by Gasteiger charge is -2.07. The van der Waals surface area contributed by atoms with Gasteiger partial charge < -0.3 is 0 Å². The maximum Gasteiger partial charge on any atom is 0.279 e. The summed E-state index contributed by atoms with van der Waals surface area (Å²) in [5, 5.41) is 0. The van der Waals surface area contributed by atoms with Crippen molar-refractivity contribution < 1.29 is 17.2 Å². The lowest BCUT2D eigenvalue weighted by Crippen LogP contribution is -2.31. The summed E-state index contributed by atoms with van der Waals surface area (Å²) in [6, 6.07) is 3.25. The van der Waals surface area contributed by atoms with Crippen molar-refractivity contribution in [2.24, 2.45) is 0 Å². The molecule has 1 aliphatic rings. The summed E-state index contributed by atoms with van der Waals surface area (Å²) in [5.74, 6) is -1.30. The third-order valence-corrected chi connectivity index (χ3v) is 4.05. The van der Waals surface area contributed by atoms with E-state index in [0.29, 0.717) is 18.7 Å². The smallest absolute Gasteiger partial charge is 0.207 e. The van der Waals surface area contributed by atoms with Crippen LogP contribution in [-0.4, -0.2) is 32.4 Å². The molecule has 7 heteroatoms. The maximum atomic E-state index is 13.2.